The number of carbonyl (C=O) groups excluding carboxylic acids is 2. The van der Waals surface area contributed by atoms with Crippen LogP contribution in [0.25, 0.3) is 0 Å². The molecule has 2 heterocycles. The Morgan fingerprint density at radius 2 is 2.22 bits per heavy atom. The first kappa shape index (κ1) is 17.4. The second kappa shape index (κ2) is 7.51. The van der Waals surface area contributed by atoms with E-state index in [4.69, 9.17) is 9.84 Å². The van der Waals surface area contributed by atoms with Crippen LogP contribution in [0.1, 0.15) is 16.6 Å². The maximum Gasteiger partial charge on any atom is 0.323 e. The monoisotopic (exact) mass is 344 g/mol. The van der Waals surface area contributed by atoms with E-state index in [1.165, 1.54) is 24.0 Å². The van der Waals surface area contributed by atoms with Crippen molar-refractivity contribution in [2.24, 2.45) is 0 Å². The predicted octanol–water partition coefficient (Wildman–Crippen LogP) is 0.661. The molecule has 0 aliphatic carbocycles. The van der Waals surface area contributed by atoms with Crippen LogP contribution in [-0.4, -0.2) is 71.6 Å². The highest BCUT2D eigenvalue weighted by atomic mass is 32.1. The van der Waals surface area contributed by atoms with Crippen LogP contribution in [0.5, 0.6) is 0 Å². The third kappa shape index (κ3) is 4.73. The van der Waals surface area contributed by atoms with E-state index in [0.29, 0.717) is 11.4 Å². The van der Waals surface area contributed by atoms with E-state index in [1.807, 2.05) is 0 Å². The van der Waals surface area contributed by atoms with Crippen LogP contribution in [0, 0.1) is 5.13 Å². The third-order valence-electron chi connectivity index (χ3n) is 3.41. The fourth-order valence-electron chi connectivity index (χ4n) is 2.31. The predicted molar refractivity (Wildman–Crippen MR) is 79.8 cm³/mol. The van der Waals surface area contributed by atoms with Gasteiger partial charge in [-0.3, -0.25) is 14.4 Å². The largest absolute Gasteiger partial charge is 0.480 e. The molecule has 0 spiro atoms. The Morgan fingerprint density at radius 1 is 1.48 bits per heavy atom. The number of hydrogen-bond acceptors (Lipinski definition) is 5. The van der Waals surface area contributed by atoms with Crippen molar-refractivity contribution in [3.05, 3.63) is 22.1 Å². The van der Waals surface area contributed by atoms with Crippen LogP contribution < -0.4 is 0 Å². The number of nitrogens with zero attached hydrogens (tertiary/aromatic N) is 2. The molecular formula is C14H17FN2O5S. The average molecular weight is 344 g/mol. The Hall–Kier alpha value is -2.00. The first-order chi connectivity index (χ1) is 10.9. The van der Waals surface area contributed by atoms with Gasteiger partial charge in [-0.2, -0.15) is 4.39 Å². The van der Waals surface area contributed by atoms with Crippen LogP contribution in [0.2, 0.25) is 0 Å². The number of amides is 2. The van der Waals surface area contributed by atoms with Crippen molar-refractivity contribution in [1.82, 2.24) is 9.80 Å². The second-order valence-electron chi connectivity index (χ2n) is 5.14. The molecule has 9 heteroatoms. The van der Waals surface area contributed by atoms with Crippen molar-refractivity contribution in [2.45, 2.75) is 13.0 Å². The Kier molecular flexibility index (Phi) is 5.67. The van der Waals surface area contributed by atoms with Crippen LogP contribution in [0.15, 0.2) is 12.1 Å². The summed E-state index contributed by atoms with van der Waals surface area (Å²) >= 11 is 0.777. The first-order valence-electron chi connectivity index (χ1n) is 7.00. The lowest BCUT2D eigenvalue weighted by atomic mass is 10.2. The van der Waals surface area contributed by atoms with E-state index >= 15 is 0 Å². The fourth-order valence-corrected chi connectivity index (χ4v) is 3.01. The summed E-state index contributed by atoms with van der Waals surface area (Å²) in [7, 11) is 0. The van der Waals surface area contributed by atoms with Crippen LogP contribution in [0.4, 0.5) is 4.39 Å². The molecule has 1 aliphatic heterocycles. The highest BCUT2D eigenvalue weighted by molar-refractivity contribution is 7.12. The standard InChI is InChI=1S/C14H17FN2O5S/c1-9(18)17(8-13(19)20)7-10-6-16(4-5-22-10)14(21)11-2-3-12(15)23-11/h2-3,10H,4-8H2,1H3,(H,19,20). The Balaban J connectivity index is 1.98. The lowest BCUT2D eigenvalue weighted by Gasteiger charge is -2.35. The molecule has 0 radical (unpaired) electrons. The molecular weight excluding hydrogens is 327 g/mol. The second-order valence-corrected chi connectivity index (χ2v) is 6.17. The Labute approximate surface area is 136 Å². The van der Waals surface area contributed by atoms with E-state index in [0.717, 1.165) is 16.2 Å². The molecule has 0 aromatic carbocycles. The van der Waals surface area contributed by atoms with Gasteiger partial charge in [0.2, 0.25) is 5.91 Å². The summed E-state index contributed by atoms with van der Waals surface area (Å²) in [6.07, 6.45) is -0.472. The Bertz CT molecular complexity index is 606. The number of carboxylic acids is 1. The van der Waals surface area contributed by atoms with E-state index in [2.05, 4.69) is 0 Å². The quantitative estimate of drug-likeness (QED) is 0.848. The number of aliphatic carboxylic acids is 1. The third-order valence-corrected chi connectivity index (χ3v) is 4.27. The average Bonchev–Trinajstić information content (AvgIpc) is 2.92. The number of carboxylic acid groups (broad SMARTS) is 1. The molecule has 126 valence electrons. The molecule has 1 aromatic heterocycles. The van der Waals surface area contributed by atoms with Crippen molar-refractivity contribution in [1.29, 1.82) is 0 Å². The van der Waals surface area contributed by atoms with Crippen molar-refractivity contribution in [3.8, 4) is 0 Å². The minimum Gasteiger partial charge on any atom is -0.480 e. The van der Waals surface area contributed by atoms with E-state index < -0.39 is 23.7 Å². The van der Waals surface area contributed by atoms with Crippen molar-refractivity contribution in [3.63, 3.8) is 0 Å². The maximum atomic E-state index is 13.0. The van der Waals surface area contributed by atoms with E-state index in [9.17, 15) is 18.8 Å². The zero-order chi connectivity index (χ0) is 17.0. The summed E-state index contributed by atoms with van der Waals surface area (Å²) < 4.78 is 18.5. The van der Waals surface area contributed by atoms with Crippen molar-refractivity contribution in [2.75, 3.05) is 32.8 Å². The zero-order valence-electron chi connectivity index (χ0n) is 12.5. The number of carbonyl (C=O) groups is 3. The van der Waals surface area contributed by atoms with Gasteiger partial charge in [0, 0.05) is 26.6 Å². The number of ether oxygens (including phenoxy) is 1. The summed E-state index contributed by atoms with van der Waals surface area (Å²) in [5.41, 5.74) is 0. The number of hydrogen-bond donors (Lipinski definition) is 1. The highest BCUT2D eigenvalue weighted by Gasteiger charge is 2.28. The van der Waals surface area contributed by atoms with Crippen LogP contribution in [-0.2, 0) is 14.3 Å². The minimum absolute atomic E-state index is 0.0875. The molecule has 1 saturated heterocycles. The molecule has 2 amide bonds. The van der Waals surface area contributed by atoms with Crippen LogP contribution in [0.3, 0.4) is 0 Å². The maximum absolute atomic E-state index is 13.0. The summed E-state index contributed by atoms with van der Waals surface area (Å²) in [5.74, 6) is -1.78. The number of rotatable bonds is 5. The molecule has 1 unspecified atom stereocenters. The van der Waals surface area contributed by atoms with E-state index in [1.54, 1.807) is 0 Å². The minimum atomic E-state index is -1.11. The van der Waals surface area contributed by atoms with Gasteiger partial charge in [-0.1, -0.05) is 0 Å². The summed E-state index contributed by atoms with van der Waals surface area (Å²) in [4.78, 5) is 37.5. The lowest BCUT2D eigenvalue weighted by Crippen LogP contribution is -2.51. The zero-order valence-corrected chi connectivity index (χ0v) is 13.3. The molecule has 1 N–H and O–H groups in total. The molecule has 2 rings (SSSR count). The smallest absolute Gasteiger partial charge is 0.323 e. The molecule has 23 heavy (non-hydrogen) atoms. The summed E-state index contributed by atoms with van der Waals surface area (Å²) in [6, 6.07) is 2.67. The molecule has 1 aromatic rings. The van der Waals surface area contributed by atoms with Crippen molar-refractivity contribution < 1.29 is 28.6 Å². The SMILES string of the molecule is CC(=O)N(CC(=O)O)CC1CN(C(=O)c2ccc(F)s2)CCO1. The van der Waals surface area contributed by atoms with E-state index in [-0.39, 0.29) is 31.5 Å². The van der Waals surface area contributed by atoms with Gasteiger partial charge in [0.15, 0.2) is 5.13 Å². The van der Waals surface area contributed by atoms with Gasteiger partial charge < -0.3 is 19.6 Å². The topological polar surface area (TPSA) is 87.2 Å². The number of halogens is 1. The fraction of sp³-hybridized carbons (Fsp3) is 0.500. The molecule has 7 nitrogen and oxygen atoms in total. The van der Waals surface area contributed by atoms with Gasteiger partial charge >= 0.3 is 5.97 Å². The normalized spacial score (nSPS) is 17.8. The molecule has 1 atom stereocenters. The van der Waals surface area contributed by atoms with Gasteiger partial charge in [-0.15, -0.1) is 11.3 Å². The number of morpholine rings is 1. The van der Waals surface area contributed by atoms with Gasteiger partial charge in [0.25, 0.3) is 5.91 Å². The van der Waals surface area contributed by atoms with Gasteiger partial charge in [0.1, 0.15) is 6.54 Å². The summed E-state index contributed by atoms with van der Waals surface area (Å²) in [5, 5.41) is 8.39. The van der Waals surface area contributed by atoms with Gasteiger partial charge in [-0.25, -0.2) is 0 Å². The Morgan fingerprint density at radius 3 is 2.78 bits per heavy atom. The van der Waals surface area contributed by atoms with Gasteiger partial charge in [-0.05, 0) is 12.1 Å². The number of thiophene rings is 1. The highest BCUT2D eigenvalue weighted by Crippen LogP contribution is 2.18. The summed E-state index contributed by atoms with van der Waals surface area (Å²) in [6.45, 7) is 1.82. The van der Waals surface area contributed by atoms with Gasteiger partial charge in [0.05, 0.1) is 17.6 Å². The molecule has 0 saturated carbocycles. The first-order valence-corrected chi connectivity index (χ1v) is 7.82. The van der Waals surface area contributed by atoms with Crippen LogP contribution >= 0.6 is 11.3 Å². The lowest BCUT2D eigenvalue weighted by molar-refractivity contribution is -0.145. The molecule has 1 aliphatic rings. The molecule has 0 bridgehead atoms. The van der Waals surface area contributed by atoms with Crippen molar-refractivity contribution >= 4 is 29.1 Å². The molecule has 1 fully saturated rings.